The van der Waals surface area contributed by atoms with Crippen LogP contribution in [0.2, 0.25) is 10.0 Å². The molecule has 1 aliphatic rings. The van der Waals surface area contributed by atoms with Crippen molar-refractivity contribution in [1.82, 2.24) is 0 Å². The fraction of sp³-hybridized carbons (Fsp3) is 0.500. The zero-order chi connectivity index (χ0) is 19.3. The van der Waals surface area contributed by atoms with Crippen molar-refractivity contribution in [1.29, 1.82) is 0 Å². The Hall–Kier alpha value is -1.52. The summed E-state index contributed by atoms with van der Waals surface area (Å²) < 4.78 is 5.77. The van der Waals surface area contributed by atoms with Gasteiger partial charge < -0.3 is 4.74 Å². The number of anilines is 1. The van der Waals surface area contributed by atoms with E-state index in [1.165, 1.54) is 25.3 Å². The first-order valence-electron chi connectivity index (χ1n) is 9.02. The summed E-state index contributed by atoms with van der Waals surface area (Å²) in [7, 11) is 0. The van der Waals surface area contributed by atoms with Crippen LogP contribution in [0.4, 0.5) is 5.69 Å². The average molecular weight is 398 g/mol. The van der Waals surface area contributed by atoms with E-state index in [-0.39, 0.29) is 23.3 Å². The highest BCUT2D eigenvalue weighted by Gasteiger charge is 2.37. The van der Waals surface area contributed by atoms with Gasteiger partial charge in [-0.3, -0.25) is 9.59 Å². The fourth-order valence-electron chi connectivity index (χ4n) is 2.88. The lowest BCUT2D eigenvalue weighted by Gasteiger charge is -2.18. The Labute approximate surface area is 165 Å². The number of allylic oxidation sites excluding steroid dienone is 1. The molecule has 0 radical (unpaired) electrons. The van der Waals surface area contributed by atoms with E-state index < -0.39 is 0 Å². The zero-order valence-electron chi connectivity index (χ0n) is 15.5. The number of halogens is 2. The van der Waals surface area contributed by atoms with Crippen LogP contribution < -0.4 is 9.64 Å². The number of imide groups is 1. The minimum atomic E-state index is -0.329. The first-order valence-corrected chi connectivity index (χ1v) is 9.77. The van der Waals surface area contributed by atoms with Gasteiger partial charge in [0.15, 0.2) is 0 Å². The molecule has 0 bridgehead atoms. The van der Waals surface area contributed by atoms with Crippen molar-refractivity contribution >= 4 is 40.7 Å². The Balaban J connectivity index is 2.16. The topological polar surface area (TPSA) is 46.6 Å². The van der Waals surface area contributed by atoms with E-state index in [1.54, 1.807) is 6.07 Å². The van der Waals surface area contributed by atoms with Gasteiger partial charge in [0, 0.05) is 11.6 Å². The molecular weight excluding hydrogens is 373 g/mol. The molecule has 2 rings (SSSR count). The lowest BCUT2D eigenvalue weighted by atomic mass is 10.1. The normalized spacial score (nSPS) is 14.3. The van der Waals surface area contributed by atoms with Crippen molar-refractivity contribution in [2.45, 2.75) is 59.3 Å². The van der Waals surface area contributed by atoms with Crippen LogP contribution in [0.3, 0.4) is 0 Å². The molecular formula is C20H25Cl2NO3. The van der Waals surface area contributed by atoms with Crippen LogP contribution in [-0.4, -0.2) is 18.4 Å². The van der Waals surface area contributed by atoms with E-state index in [2.05, 4.69) is 6.92 Å². The van der Waals surface area contributed by atoms with E-state index in [9.17, 15) is 9.59 Å². The molecule has 0 N–H and O–H groups in total. The van der Waals surface area contributed by atoms with Gasteiger partial charge >= 0.3 is 0 Å². The second-order valence-electron chi connectivity index (χ2n) is 6.69. The van der Waals surface area contributed by atoms with Gasteiger partial charge in [-0.15, -0.1) is 0 Å². The second-order valence-corrected chi connectivity index (χ2v) is 7.50. The molecule has 1 aromatic rings. The molecule has 1 aromatic carbocycles. The molecule has 0 aromatic heterocycles. The average Bonchev–Trinajstić information content (AvgIpc) is 2.87. The predicted molar refractivity (Wildman–Crippen MR) is 106 cm³/mol. The van der Waals surface area contributed by atoms with Crippen LogP contribution >= 0.6 is 23.2 Å². The summed E-state index contributed by atoms with van der Waals surface area (Å²) in [6.45, 7) is 6.35. The quantitative estimate of drug-likeness (QED) is 0.309. The van der Waals surface area contributed by atoms with Crippen LogP contribution in [0.1, 0.15) is 59.3 Å². The number of amides is 2. The molecule has 4 nitrogen and oxygen atoms in total. The van der Waals surface area contributed by atoms with E-state index in [0.29, 0.717) is 28.6 Å². The monoisotopic (exact) mass is 397 g/mol. The fourth-order valence-corrected chi connectivity index (χ4v) is 3.40. The molecule has 142 valence electrons. The Kier molecular flexibility index (Phi) is 7.54. The van der Waals surface area contributed by atoms with E-state index in [4.69, 9.17) is 27.9 Å². The Bertz CT molecular complexity index is 724. The summed E-state index contributed by atoms with van der Waals surface area (Å²) in [6, 6.07) is 3.10. The van der Waals surface area contributed by atoms with Crippen LogP contribution in [0, 0.1) is 0 Å². The number of carbonyl (C=O) groups is 2. The third-order valence-electron chi connectivity index (χ3n) is 4.39. The lowest BCUT2D eigenvalue weighted by Crippen LogP contribution is -2.29. The highest BCUT2D eigenvalue weighted by Crippen LogP contribution is 2.39. The number of hydrogen-bond donors (Lipinski definition) is 0. The number of carbonyl (C=O) groups excluding carboxylic acids is 2. The summed E-state index contributed by atoms with van der Waals surface area (Å²) in [5.41, 5.74) is 1.67. The number of hydrogen-bond acceptors (Lipinski definition) is 3. The molecule has 0 saturated carbocycles. The first kappa shape index (κ1) is 20.8. The highest BCUT2D eigenvalue weighted by molar-refractivity contribution is 6.39. The van der Waals surface area contributed by atoms with E-state index >= 15 is 0 Å². The molecule has 26 heavy (non-hydrogen) atoms. The van der Waals surface area contributed by atoms with Gasteiger partial charge in [-0.25, -0.2) is 4.90 Å². The summed E-state index contributed by atoms with van der Waals surface area (Å²) >= 11 is 12.5. The minimum Gasteiger partial charge on any atom is -0.492 e. The number of rotatable bonds is 8. The Morgan fingerprint density at radius 2 is 1.77 bits per heavy atom. The summed E-state index contributed by atoms with van der Waals surface area (Å²) in [6.07, 6.45) is 5.71. The van der Waals surface area contributed by atoms with Crippen LogP contribution in [-0.2, 0) is 9.59 Å². The summed E-state index contributed by atoms with van der Waals surface area (Å²) in [5.74, 6) is -0.182. The number of ether oxygens (including phenoxy) is 1. The van der Waals surface area contributed by atoms with Gasteiger partial charge in [0.25, 0.3) is 5.91 Å². The molecule has 1 fully saturated rings. The third-order valence-corrected chi connectivity index (χ3v) is 4.99. The van der Waals surface area contributed by atoms with E-state index in [1.807, 2.05) is 13.8 Å². The molecule has 0 aliphatic carbocycles. The van der Waals surface area contributed by atoms with Crippen molar-refractivity contribution in [3.8, 4) is 5.75 Å². The molecule has 1 saturated heterocycles. The number of nitrogens with zero attached hydrogens (tertiary/aromatic N) is 1. The number of benzene rings is 1. The minimum absolute atomic E-state index is 0.0910. The van der Waals surface area contributed by atoms with Gasteiger partial charge in [0.1, 0.15) is 5.75 Å². The standard InChI is InChI=1S/C20H25Cl2NO3/c1-4-5-6-7-8-9-26-18-12-17(15(21)11-16(18)22)23-19(24)10-14(13(2)3)20(23)25/h11-12H,4-10H2,1-3H3. The Morgan fingerprint density at radius 1 is 1.08 bits per heavy atom. The first-order chi connectivity index (χ1) is 12.4. The molecule has 0 atom stereocenters. The number of unbranched alkanes of at least 4 members (excludes halogenated alkanes) is 4. The second kappa shape index (κ2) is 9.43. The predicted octanol–water partition coefficient (Wildman–Crippen LogP) is 5.94. The lowest BCUT2D eigenvalue weighted by molar-refractivity contribution is -0.120. The van der Waals surface area contributed by atoms with Gasteiger partial charge in [-0.05, 0) is 26.3 Å². The van der Waals surface area contributed by atoms with E-state index in [0.717, 1.165) is 23.3 Å². The maximum Gasteiger partial charge on any atom is 0.261 e. The van der Waals surface area contributed by atoms with Crippen molar-refractivity contribution in [2.75, 3.05) is 11.5 Å². The SMILES string of the molecule is CCCCCCCOc1cc(N2C(=O)CC(=C(C)C)C2=O)c(Cl)cc1Cl. The van der Waals surface area contributed by atoms with Crippen molar-refractivity contribution in [3.63, 3.8) is 0 Å². The summed E-state index contributed by atoms with van der Waals surface area (Å²) in [5, 5.41) is 0.621. The van der Waals surface area contributed by atoms with Crippen molar-refractivity contribution in [2.24, 2.45) is 0 Å². The molecule has 0 unspecified atom stereocenters. The van der Waals surface area contributed by atoms with Crippen LogP contribution in [0.25, 0.3) is 0 Å². The third kappa shape index (κ3) is 4.80. The molecule has 0 spiro atoms. The van der Waals surface area contributed by atoms with Gasteiger partial charge in [-0.2, -0.15) is 0 Å². The van der Waals surface area contributed by atoms with Crippen LogP contribution in [0.5, 0.6) is 5.75 Å². The summed E-state index contributed by atoms with van der Waals surface area (Å²) in [4.78, 5) is 26.0. The maximum atomic E-state index is 12.6. The molecule has 6 heteroatoms. The van der Waals surface area contributed by atoms with Crippen molar-refractivity contribution in [3.05, 3.63) is 33.3 Å². The zero-order valence-corrected chi connectivity index (χ0v) is 17.0. The molecule has 1 heterocycles. The van der Waals surface area contributed by atoms with Crippen molar-refractivity contribution < 1.29 is 14.3 Å². The van der Waals surface area contributed by atoms with Crippen LogP contribution in [0.15, 0.2) is 23.3 Å². The molecule has 2 amide bonds. The maximum absolute atomic E-state index is 12.6. The Morgan fingerprint density at radius 3 is 2.38 bits per heavy atom. The van der Waals surface area contributed by atoms with Gasteiger partial charge in [0.2, 0.25) is 5.91 Å². The smallest absolute Gasteiger partial charge is 0.261 e. The van der Waals surface area contributed by atoms with Gasteiger partial charge in [-0.1, -0.05) is 61.4 Å². The largest absolute Gasteiger partial charge is 0.492 e. The molecule has 1 aliphatic heterocycles. The van der Waals surface area contributed by atoms with Gasteiger partial charge in [0.05, 0.1) is 28.8 Å². The highest BCUT2D eigenvalue weighted by atomic mass is 35.5.